The van der Waals surface area contributed by atoms with Crippen molar-refractivity contribution in [3.63, 3.8) is 0 Å². The molecule has 0 saturated carbocycles. The Morgan fingerprint density at radius 2 is 2.10 bits per heavy atom. The standard InChI is InChI=1S/C14H14N2O3S/c1-8-4-5-10(6-9(8)2)15-14-16-13(18)11(20-14)7-12(17)19-3/h4-7H,1-3H3,(H,15,16,18)/b11-7-. The molecule has 5 nitrogen and oxygen atoms in total. The molecule has 0 aromatic heterocycles. The summed E-state index contributed by atoms with van der Waals surface area (Å²) in [5.41, 5.74) is 3.07. The van der Waals surface area contributed by atoms with Crippen LogP contribution in [0.15, 0.2) is 34.2 Å². The number of carbonyl (C=O) groups is 2. The minimum atomic E-state index is -0.560. The minimum Gasteiger partial charge on any atom is -0.466 e. The van der Waals surface area contributed by atoms with Gasteiger partial charge in [-0.15, -0.1) is 0 Å². The Kier molecular flexibility index (Phi) is 4.24. The fraction of sp³-hybridized carbons (Fsp3) is 0.214. The van der Waals surface area contributed by atoms with Gasteiger partial charge in [0.15, 0.2) is 5.17 Å². The number of methoxy groups -OCH3 is 1. The molecular formula is C14H14N2O3S. The van der Waals surface area contributed by atoms with Crippen LogP contribution < -0.4 is 5.32 Å². The van der Waals surface area contributed by atoms with E-state index in [4.69, 9.17) is 0 Å². The molecule has 2 rings (SSSR count). The fourth-order valence-electron chi connectivity index (χ4n) is 1.56. The third-order valence-corrected chi connectivity index (χ3v) is 3.73. The van der Waals surface area contributed by atoms with Crippen LogP contribution in [0.2, 0.25) is 0 Å². The first kappa shape index (κ1) is 14.3. The lowest BCUT2D eigenvalue weighted by atomic mass is 10.1. The average molecular weight is 290 g/mol. The highest BCUT2D eigenvalue weighted by Crippen LogP contribution is 2.26. The molecular weight excluding hydrogens is 276 g/mol. The summed E-state index contributed by atoms with van der Waals surface area (Å²) in [6.45, 7) is 4.03. The van der Waals surface area contributed by atoms with Gasteiger partial charge in [-0.05, 0) is 48.9 Å². The molecule has 1 fully saturated rings. The van der Waals surface area contributed by atoms with E-state index in [0.29, 0.717) is 5.17 Å². The van der Waals surface area contributed by atoms with Gasteiger partial charge in [-0.25, -0.2) is 9.79 Å². The van der Waals surface area contributed by atoms with Gasteiger partial charge in [-0.3, -0.25) is 4.79 Å². The molecule has 1 amide bonds. The molecule has 1 saturated heterocycles. The molecule has 6 heteroatoms. The summed E-state index contributed by atoms with van der Waals surface area (Å²) in [5.74, 6) is -0.905. The third kappa shape index (κ3) is 3.27. The number of hydrogen-bond donors (Lipinski definition) is 1. The van der Waals surface area contributed by atoms with Crippen LogP contribution in [-0.2, 0) is 14.3 Å². The Labute approximate surface area is 121 Å². The Balaban J connectivity index is 2.21. The number of rotatable bonds is 2. The van der Waals surface area contributed by atoms with Crippen molar-refractivity contribution in [1.29, 1.82) is 0 Å². The predicted molar refractivity (Wildman–Crippen MR) is 78.8 cm³/mol. The van der Waals surface area contributed by atoms with Crippen LogP contribution in [0.4, 0.5) is 5.69 Å². The zero-order valence-corrected chi connectivity index (χ0v) is 12.2. The lowest BCUT2D eigenvalue weighted by molar-refractivity contribution is -0.135. The first-order valence-corrected chi connectivity index (χ1v) is 6.76. The number of hydrogen-bond acceptors (Lipinski definition) is 5. The van der Waals surface area contributed by atoms with Crippen LogP contribution in [0, 0.1) is 13.8 Å². The molecule has 1 aliphatic rings. The molecule has 1 aromatic rings. The number of aryl methyl sites for hydroxylation is 2. The minimum absolute atomic E-state index is 0.277. The highest BCUT2D eigenvalue weighted by molar-refractivity contribution is 8.18. The molecule has 0 aliphatic carbocycles. The van der Waals surface area contributed by atoms with Crippen molar-refractivity contribution >= 4 is 34.5 Å². The Morgan fingerprint density at radius 1 is 1.35 bits per heavy atom. The molecule has 0 spiro atoms. The van der Waals surface area contributed by atoms with Crippen LogP contribution in [0.3, 0.4) is 0 Å². The third-order valence-electron chi connectivity index (χ3n) is 2.82. The summed E-state index contributed by atoms with van der Waals surface area (Å²) in [6, 6.07) is 5.79. The van der Waals surface area contributed by atoms with Crippen LogP contribution >= 0.6 is 11.8 Å². The van der Waals surface area contributed by atoms with Gasteiger partial charge < -0.3 is 10.1 Å². The Bertz CT molecular complexity index is 635. The van der Waals surface area contributed by atoms with Gasteiger partial charge in [0.05, 0.1) is 17.7 Å². The second kappa shape index (κ2) is 5.92. The van der Waals surface area contributed by atoms with Gasteiger partial charge in [0, 0.05) is 6.08 Å². The molecule has 0 bridgehead atoms. The maximum absolute atomic E-state index is 11.7. The highest BCUT2D eigenvalue weighted by atomic mass is 32.2. The predicted octanol–water partition coefficient (Wildman–Crippen LogP) is 2.21. The summed E-state index contributed by atoms with van der Waals surface area (Å²) < 4.78 is 4.49. The molecule has 1 heterocycles. The largest absolute Gasteiger partial charge is 0.466 e. The Hall–Kier alpha value is -2.08. The van der Waals surface area contributed by atoms with Crippen molar-refractivity contribution in [2.45, 2.75) is 13.8 Å². The lowest BCUT2D eigenvalue weighted by Crippen LogP contribution is -2.19. The van der Waals surface area contributed by atoms with Gasteiger partial charge in [0.1, 0.15) is 0 Å². The number of nitrogens with zero attached hydrogens (tertiary/aromatic N) is 1. The van der Waals surface area contributed by atoms with Crippen LogP contribution in [0.25, 0.3) is 0 Å². The molecule has 0 radical (unpaired) electrons. The van der Waals surface area contributed by atoms with Crippen molar-refractivity contribution in [2.24, 2.45) is 4.99 Å². The number of ether oxygens (including phenoxy) is 1. The monoisotopic (exact) mass is 290 g/mol. The van der Waals surface area contributed by atoms with Crippen LogP contribution in [0.1, 0.15) is 11.1 Å². The lowest BCUT2D eigenvalue weighted by Gasteiger charge is -2.01. The summed E-state index contributed by atoms with van der Waals surface area (Å²) in [7, 11) is 1.26. The number of amidine groups is 1. The number of amides is 1. The quantitative estimate of drug-likeness (QED) is 0.670. The second-order valence-electron chi connectivity index (χ2n) is 4.27. The molecule has 104 valence electrons. The van der Waals surface area contributed by atoms with E-state index in [1.165, 1.54) is 12.7 Å². The van der Waals surface area contributed by atoms with Gasteiger partial charge in [-0.2, -0.15) is 0 Å². The molecule has 20 heavy (non-hydrogen) atoms. The molecule has 1 aliphatic heterocycles. The van der Waals surface area contributed by atoms with Gasteiger partial charge in [0.25, 0.3) is 5.91 Å². The molecule has 1 aromatic carbocycles. The first-order chi connectivity index (χ1) is 9.49. The summed E-state index contributed by atoms with van der Waals surface area (Å²) in [6.07, 6.45) is 1.16. The van der Waals surface area contributed by atoms with Crippen molar-refractivity contribution in [1.82, 2.24) is 5.32 Å². The number of aliphatic imine (C=N–C) groups is 1. The molecule has 1 N–H and O–H groups in total. The van der Waals surface area contributed by atoms with E-state index < -0.39 is 5.97 Å². The van der Waals surface area contributed by atoms with E-state index in [-0.39, 0.29) is 10.8 Å². The smallest absolute Gasteiger partial charge is 0.331 e. The van der Waals surface area contributed by atoms with Crippen molar-refractivity contribution in [2.75, 3.05) is 7.11 Å². The normalized spacial score (nSPS) is 18.4. The van der Waals surface area contributed by atoms with Crippen LogP contribution in [-0.4, -0.2) is 24.2 Å². The van der Waals surface area contributed by atoms with E-state index >= 15 is 0 Å². The van der Waals surface area contributed by atoms with Gasteiger partial charge in [-0.1, -0.05) is 6.07 Å². The van der Waals surface area contributed by atoms with Gasteiger partial charge >= 0.3 is 5.97 Å². The van der Waals surface area contributed by atoms with Gasteiger partial charge in [0.2, 0.25) is 0 Å². The fourth-order valence-corrected chi connectivity index (χ4v) is 2.36. The summed E-state index contributed by atoms with van der Waals surface area (Å²) in [5, 5.41) is 3.07. The Morgan fingerprint density at radius 3 is 2.75 bits per heavy atom. The SMILES string of the molecule is COC(=O)/C=C1\SC(=Nc2ccc(C)c(C)c2)NC1=O. The highest BCUT2D eigenvalue weighted by Gasteiger charge is 2.24. The number of esters is 1. The zero-order valence-electron chi connectivity index (χ0n) is 11.4. The molecule has 0 unspecified atom stereocenters. The maximum atomic E-state index is 11.7. The van der Waals surface area contributed by atoms with Crippen molar-refractivity contribution in [3.8, 4) is 0 Å². The first-order valence-electron chi connectivity index (χ1n) is 5.94. The van der Waals surface area contributed by atoms with Crippen molar-refractivity contribution < 1.29 is 14.3 Å². The number of thioether (sulfide) groups is 1. The topological polar surface area (TPSA) is 67.8 Å². The number of benzene rings is 1. The summed E-state index contributed by atoms with van der Waals surface area (Å²) >= 11 is 1.12. The average Bonchev–Trinajstić information content (AvgIpc) is 2.74. The van der Waals surface area contributed by atoms with E-state index in [1.54, 1.807) is 0 Å². The number of carbonyl (C=O) groups excluding carboxylic acids is 2. The summed E-state index contributed by atoms with van der Waals surface area (Å²) in [4.78, 5) is 27.4. The van der Waals surface area contributed by atoms with E-state index in [2.05, 4.69) is 15.0 Å². The van der Waals surface area contributed by atoms with E-state index in [0.717, 1.165) is 29.1 Å². The molecule has 0 atom stereocenters. The van der Waals surface area contributed by atoms with E-state index in [1.807, 2.05) is 32.0 Å². The van der Waals surface area contributed by atoms with Crippen LogP contribution in [0.5, 0.6) is 0 Å². The zero-order chi connectivity index (χ0) is 14.7. The second-order valence-corrected chi connectivity index (χ2v) is 5.30. The number of nitrogens with one attached hydrogen (secondary N) is 1. The maximum Gasteiger partial charge on any atom is 0.331 e. The van der Waals surface area contributed by atoms with E-state index in [9.17, 15) is 9.59 Å². The van der Waals surface area contributed by atoms with Crippen molar-refractivity contribution in [3.05, 3.63) is 40.3 Å².